The van der Waals surface area contributed by atoms with E-state index in [-0.39, 0.29) is 5.91 Å². The third-order valence-corrected chi connectivity index (χ3v) is 3.19. The van der Waals surface area contributed by atoms with E-state index in [1.165, 1.54) is 5.56 Å². The minimum atomic E-state index is -0.457. The van der Waals surface area contributed by atoms with Gasteiger partial charge in [0.25, 0.3) is 0 Å². The Bertz CT molecular complexity index is 499. The molecule has 1 aliphatic heterocycles. The average Bonchev–Trinajstić information content (AvgIpc) is 2.38. The molecule has 0 radical (unpaired) electrons. The van der Waals surface area contributed by atoms with E-state index in [1.807, 2.05) is 18.2 Å². The zero-order chi connectivity index (χ0) is 13.8. The third-order valence-electron chi connectivity index (χ3n) is 3.19. The van der Waals surface area contributed by atoms with Crippen molar-refractivity contribution >= 4 is 17.7 Å². The normalized spacial score (nSPS) is 13.7. The Morgan fingerprint density at radius 2 is 2.16 bits per heavy atom. The summed E-state index contributed by atoms with van der Waals surface area (Å²) in [5.41, 5.74) is 3.00. The first-order chi connectivity index (χ1) is 9.10. The van der Waals surface area contributed by atoms with E-state index in [0.717, 1.165) is 18.5 Å². The van der Waals surface area contributed by atoms with E-state index in [4.69, 9.17) is 4.74 Å². The van der Waals surface area contributed by atoms with Gasteiger partial charge in [-0.05, 0) is 36.6 Å². The highest BCUT2D eigenvalue weighted by molar-refractivity contribution is 5.84. The molecule has 102 valence electrons. The molecule has 1 heterocycles. The molecule has 0 aliphatic carbocycles. The summed E-state index contributed by atoms with van der Waals surface area (Å²) >= 11 is 0. The molecule has 5 heteroatoms. The molecule has 1 N–H and O–H groups in total. The van der Waals surface area contributed by atoms with Gasteiger partial charge in [0.2, 0.25) is 5.91 Å². The summed E-state index contributed by atoms with van der Waals surface area (Å²) in [4.78, 5) is 24.5. The van der Waals surface area contributed by atoms with Crippen molar-refractivity contribution in [2.45, 2.75) is 26.8 Å². The zero-order valence-electron chi connectivity index (χ0n) is 11.2. The third kappa shape index (κ3) is 3.24. The fourth-order valence-electron chi connectivity index (χ4n) is 2.19. The van der Waals surface area contributed by atoms with Gasteiger partial charge in [-0.3, -0.25) is 10.1 Å². The van der Waals surface area contributed by atoms with E-state index < -0.39 is 6.09 Å². The van der Waals surface area contributed by atoms with Crippen LogP contribution in [-0.2, 0) is 22.5 Å². The van der Waals surface area contributed by atoms with Gasteiger partial charge in [0.05, 0.1) is 6.61 Å². The number of benzene rings is 1. The summed E-state index contributed by atoms with van der Waals surface area (Å²) < 4.78 is 4.83. The molecular weight excluding hydrogens is 244 g/mol. The number of hydrogen-bond donors (Lipinski definition) is 1. The predicted octanol–water partition coefficient (Wildman–Crippen LogP) is 2.16. The Labute approximate surface area is 112 Å². The molecule has 0 aromatic heterocycles. The highest BCUT2D eigenvalue weighted by atomic mass is 16.5. The lowest BCUT2D eigenvalue weighted by atomic mass is 9.99. The molecule has 5 nitrogen and oxygen atoms in total. The lowest BCUT2D eigenvalue weighted by Crippen LogP contribution is -2.34. The number of nitrogens with one attached hydrogen (secondary N) is 1. The quantitative estimate of drug-likeness (QED) is 0.888. The Hall–Kier alpha value is -2.04. The highest BCUT2D eigenvalue weighted by Crippen LogP contribution is 2.22. The fraction of sp³-hybridized carbons (Fsp3) is 0.429. The van der Waals surface area contributed by atoms with Crippen LogP contribution >= 0.6 is 0 Å². The van der Waals surface area contributed by atoms with Crippen molar-refractivity contribution in [2.24, 2.45) is 0 Å². The van der Waals surface area contributed by atoms with Gasteiger partial charge in [-0.15, -0.1) is 0 Å². The van der Waals surface area contributed by atoms with Gasteiger partial charge in [-0.1, -0.05) is 6.07 Å². The molecule has 1 aromatic carbocycles. The van der Waals surface area contributed by atoms with E-state index in [9.17, 15) is 9.59 Å². The molecule has 0 saturated heterocycles. The molecule has 2 amide bonds. The zero-order valence-corrected chi connectivity index (χ0v) is 11.2. The summed E-state index contributed by atoms with van der Waals surface area (Å²) in [7, 11) is 0. The minimum Gasteiger partial charge on any atom is -0.450 e. The first-order valence-corrected chi connectivity index (χ1v) is 6.41. The summed E-state index contributed by atoms with van der Waals surface area (Å²) in [6.45, 7) is 5.04. The molecule has 0 fully saturated rings. The fourth-order valence-corrected chi connectivity index (χ4v) is 2.19. The molecule has 1 aliphatic rings. The SMILES string of the molecule is CCOC(=O)Nc1ccc2c(c1)CN(C(C)=O)CC2. The Kier molecular flexibility index (Phi) is 4.04. The van der Waals surface area contributed by atoms with Gasteiger partial charge >= 0.3 is 6.09 Å². The van der Waals surface area contributed by atoms with E-state index in [1.54, 1.807) is 18.7 Å². The average molecular weight is 262 g/mol. The van der Waals surface area contributed by atoms with Crippen LogP contribution in [0.25, 0.3) is 0 Å². The molecule has 0 spiro atoms. The number of nitrogens with zero attached hydrogens (tertiary/aromatic N) is 1. The molecule has 0 unspecified atom stereocenters. The molecule has 2 rings (SSSR count). The smallest absolute Gasteiger partial charge is 0.411 e. The predicted molar refractivity (Wildman–Crippen MR) is 71.9 cm³/mol. The Morgan fingerprint density at radius 1 is 1.37 bits per heavy atom. The Morgan fingerprint density at radius 3 is 2.84 bits per heavy atom. The van der Waals surface area contributed by atoms with Crippen molar-refractivity contribution < 1.29 is 14.3 Å². The van der Waals surface area contributed by atoms with Crippen LogP contribution in [0.1, 0.15) is 25.0 Å². The number of carbonyl (C=O) groups excluding carboxylic acids is 2. The molecule has 1 aromatic rings. The largest absolute Gasteiger partial charge is 0.450 e. The molecule has 0 atom stereocenters. The van der Waals surface area contributed by atoms with Crippen LogP contribution in [0.3, 0.4) is 0 Å². The number of fused-ring (bicyclic) bond motifs is 1. The van der Waals surface area contributed by atoms with Crippen LogP contribution < -0.4 is 5.32 Å². The van der Waals surface area contributed by atoms with Crippen molar-refractivity contribution in [3.63, 3.8) is 0 Å². The van der Waals surface area contributed by atoms with Crippen molar-refractivity contribution in [1.29, 1.82) is 0 Å². The number of ether oxygens (including phenoxy) is 1. The van der Waals surface area contributed by atoms with Gasteiger partial charge in [0, 0.05) is 25.7 Å². The molecule has 0 bridgehead atoms. The van der Waals surface area contributed by atoms with E-state index >= 15 is 0 Å². The van der Waals surface area contributed by atoms with Crippen LogP contribution in [0.4, 0.5) is 10.5 Å². The highest BCUT2D eigenvalue weighted by Gasteiger charge is 2.18. The lowest BCUT2D eigenvalue weighted by Gasteiger charge is -2.28. The maximum Gasteiger partial charge on any atom is 0.411 e. The van der Waals surface area contributed by atoms with Gasteiger partial charge in [0.15, 0.2) is 0 Å². The maximum atomic E-state index is 11.4. The monoisotopic (exact) mass is 262 g/mol. The van der Waals surface area contributed by atoms with Gasteiger partial charge in [-0.25, -0.2) is 4.79 Å². The van der Waals surface area contributed by atoms with Crippen molar-refractivity contribution in [3.8, 4) is 0 Å². The first-order valence-electron chi connectivity index (χ1n) is 6.41. The number of amides is 2. The summed E-state index contributed by atoms with van der Waals surface area (Å²) in [6.07, 6.45) is 0.399. The van der Waals surface area contributed by atoms with Crippen LogP contribution in [0.5, 0.6) is 0 Å². The van der Waals surface area contributed by atoms with Gasteiger partial charge in [-0.2, -0.15) is 0 Å². The van der Waals surface area contributed by atoms with Crippen LogP contribution in [0, 0.1) is 0 Å². The first kappa shape index (κ1) is 13.4. The number of hydrogen-bond acceptors (Lipinski definition) is 3. The lowest BCUT2D eigenvalue weighted by molar-refractivity contribution is -0.129. The second kappa shape index (κ2) is 5.73. The molecular formula is C14H18N2O3. The Balaban J connectivity index is 2.12. The summed E-state index contributed by atoms with van der Waals surface area (Å²) in [5.74, 6) is 0.0782. The summed E-state index contributed by atoms with van der Waals surface area (Å²) in [6, 6.07) is 5.76. The van der Waals surface area contributed by atoms with Crippen molar-refractivity contribution in [1.82, 2.24) is 4.90 Å². The van der Waals surface area contributed by atoms with E-state index in [0.29, 0.717) is 18.8 Å². The van der Waals surface area contributed by atoms with Crippen LogP contribution in [0.15, 0.2) is 18.2 Å². The van der Waals surface area contributed by atoms with E-state index in [2.05, 4.69) is 5.32 Å². The topological polar surface area (TPSA) is 58.6 Å². The maximum absolute atomic E-state index is 11.4. The second-order valence-electron chi connectivity index (χ2n) is 4.52. The number of anilines is 1. The van der Waals surface area contributed by atoms with Gasteiger partial charge in [0.1, 0.15) is 0 Å². The minimum absolute atomic E-state index is 0.0782. The standard InChI is InChI=1S/C14H18N2O3/c1-3-19-14(18)15-13-5-4-11-6-7-16(10(2)17)9-12(11)8-13/h4-5,8H,3,6-7,9H2,1-2H3,(H,15,18). The van der Waals surface area contributed by atoms with Gasteiger partial charge < -0.3 is 9.64 Å². The second-order valence-corrected chi connectivity index (χ2v) is 4.52. The molecule has 19 heavy (non-hydrogen) atoms. The van der Waals surface area contributed by atoms with Crippen molar-refractivity contribution in [3.05, 3.63) is 29.3 Å². The number of carbonyl (C=O) groups is 2. The van der Waals surface area contributed by atoms with Crippen molar-refractivity contribution in [2.75, 3.05) is 18.5 Å². The molecule has 0 saturated carbocycles. The van der Waals surface area contributed by atoms with Crippen LogP contribution in [0.2, 0.25) is 0 Å². The number of rotatable bonds is 2. The van der Waals surface area contributed by atoms with Crippen LogP contribution in [-0.4, -0.2) is 30.1 Å². The summed E-state index contributed by atoms with van der Waals surface area (Å²) in [5, 5.41) is 2.67.